The minimum atomic E-state index is -0.739. The highest BCUT2D eigenvalue weighted by Gasteiger charge is 2.13. The second-order valence-corrected chi connectivity index (χ2v) is 4.36. The molecule has 0 fully saturated rings. The zero-order chi connectivity index (χ0) is 12.1. The van der Waals surface area contributed by atoms with Gasteiger partial charge in [0.15, 0.2) is 0 Å². The van der Waals surface area contributed by atoms with E-state index in [0.717, 1.165) is 6.54 Å². The van der Waals surface area contributed by atoms with Crippen molar-refractivity contribution in [3.8, 4) is 0 Å². The second kappa shape index (κ2) is 5.66. The molecule has 0 spiro atoms. The van der Waals surface area contributed by atoms with Gasteiger partial charge in [0.25, 0.3) is 0 Å². The van der Waals surface area contributed by atoms with Crippen molar-refractivity contribution in [2.45, 2.75) is 20.4 Å². The fraction of sp³-hybridized carbons (Fsp3) is 0.462. The van der Waals surface area contributed by atoms with E-state index in [4.69, 9.17) is 5.11 Å². The summed E-state index contributed by atoms with van der Waals surface area (Å²) >= 11 is 0. The summed E-state index contributed by atoms with van der Waals surface area (Å²) < 4.78 is 0. The third kappa shape index (κ3) is 3.66. The van der Waals surface area contributed by atoms with Crippen LogP contribution in [0.25, 0.3) is 0 Å². The van der Waals surface area contributed by atoms with Gasteiger partial charge in [0.2, 0.25) is 0 Å². The van der Waals surface area contributed by atoms with Crippen LogP contribution >= 0.6 is 0 Å². The maximum Gasteiger partial charge on any atom is 0.307 e. The van der Waals surface area contributed by atoms with Crippen LogP contribution in [0, 0.1) is 12.8 Å². The van der Waals surface area contributed by atoms with Crippen LogP contribution in [0.4, 0.5) is 0 Å². The summed E-state index contributed by atoms with van der Waals surface area (Å²) in [4.78, 5) is 12.8. The van der Waals surface area contributed by atoms with Gasteiger partial charge in [-0.1, -0.05) is 31.2 Å². The molecule has 0 bridgehead atoms. The largest absolute Gasteiger partial charge is 0.481 e. The van der Waals surface area contributed by atoms with Crippen molar-refractivity contribution in [2.75, 3.05) is 13.6 Å². The summed E-state index contributed by atoms with van der Waals surface area (Å²) in [6.07, 6.45) is 0. The highest BCUT2D eigenvalue weighted by molar-refractivity contribution is 5.69. The minimum Gasteiger partial charge on any atom is -0.481 e. The van der Waals surface area contributed by atoms with E-state index in [2.05, 4.69) is 19.1 Å². The molecule has 1 atom stereocenters. The summed E-state index contributed by atoms with van der Waals surface area (Å²) in [5.74, 6) is -1.06. The lowest BCUT2D eigenvalue weighted by Crippen LogP contribution is -2.28. The molecule has 0 saturated carbocycles. The van der Waals surface area contributed by atoms with Crippen LogP contribution in [0.3, 0.4) is 0 Å². The fourth-order valence-corrected chi connectivity index (χ4v) is 1.69. The number of carbonyl (C=O) groups is 1. The van der Waals surface area contributed by atoms with E-state index in [0.29, 0.717) is 6.54 Å². The molecule has 1 aromatic rings. The molecule has 1 rings (SSSR count). The van der Waals surface area contributed by atoms with Crippen molar-refractivity contribution < 1.29 is 9.90 Å². The summed E-state index contributed by atoms with van der Waals surface area (Å²) in [5.41, 5.74) is 2.50. The molecule has 3 nitrogen and oxygen atoms in total. The van der Waals surface area contributed by atoms with Gasteiger partial charge in [-0.3, -0.25) is 4.79 Å². The Hall–Kier alpha value is -1.35. The van der Waals surface area contributed by atoms with Gasteiger partial charge in [-0.25, -0.2) is 0 Å². The molecule has 3 heteroatoms. The van der Waals surface area contributed by atoms with E-state index in [1.165, 1.54) is 11.1 Å². The Morgan fingerprint density at radius 1 is 1.44 bits per heavy atom. The van der Waals surface area contributed by atoms with Crippen molar-refractivity contribution in [3.63, 3.8) is 0 Å². The third-order valence-electron chi connectivity index (χ3n) is 2.71. The van der Waals surface area contributed by atoms with Crippen LogP contribution < -0.4 is 0 Å². The van der Waals surface area contributed by atoms with Gasteiger partial charge >= 0.3 is 5.97 Å². The number of carboxylic acid groups (broad SMARTS) is 1. The topological polar surface area (TPSA) is 40.5 Å². The van der Waals surface area contributed by atoms with E-state index < -0.39 is 5.97 Å². The number of benzene rings is 1. The highest BCUT2D eigenvalue weighted by atomic mass is 16.4. The van der Waals surface area contributed by atoms with Crippen molar-refractivity contribution >= 4 is 5.97 Å². The first-order chi connectivity index (χ1) is 7.50. The van der Waals surface area contributed by atoms with Crippen LogP contribution in [0.5, 0.6) is 0 Å². The number of aryl methyl sites for hydroxylation is 1. The smallest absolute Gasteiger partial charge is 0.307 e. The van der Waals surface area contributed by atoms with E-state index >= 15 is 0 Å². The average molecular weight is 221 g/mol. The Morgan fingerprint density at radius 2 is 2.06 bits per heavy atom. The van der Waals surface area contributed by atoms with Gasteiger partial charge in [-0.2, -0.15) is 0 Å². The van der Waals surface area contributed by atoms with Crippen LogP contribution in [0.2, 0.25) is 0 Å². The van der Waals surface area contributed by atoms with Crippen molar-refractivity contribution in [1.82, 2.24) is 4.90 Å². The number of rotatable bonds is 5. The molecule has 0 saturated heterocycles. The lowest BCUT2D eigenvalue weighted by molar-refractivity contribution is -0.141. The molecule has 0 aliphatic carbocycles. The standard InChI is InChI=1S/C13H19NO2/c1-10-6-4-5-7-12(10)9-14(3)8-11(2)13(15)16/h4-7,11H,8-9H2,1-3H3,(H,15,16). The quantitative estimate of drug-likeness (QED) is 0.828. The monoisotopic (exact) mass is 221 g/mol. The number of hydrogen-bond acceptors (Lipinski definition) is 2. The zero-order valence-electron chi connectivity index (χ0n) is 10.1. The van der Waals surface area contributed by atoms with Crippen molar-refractivity contribution in [2.24, 2.45) is 5.92 Å². The first-order valence-corrected chi connectivity index (χ1v) is 5.46. The Kier molecular flexibility index (Phi) is 4.50. The molecular weight excluding hydrogens is 202 g/mol. The van der Waals surface area contributed by atoms with Gasteiger partial charge in [0.05, 0.1) is 5.92 Å². The van der Waals surface area contributed by atoms with Crippen molar-refractivity contribution in [1.29, 1.82) is 0 Å². The normalized spacial score (nSPS) is 12.8. The minimum absolute atomic E-state index is 0.325. The number of carboxylic acids is 1. The lowest BCUT2D eigenvalue weighted by Gasteiger charge is -2.20. The first kappa shape index (κ1) is 12.7. The summed E-state index contributed by atoms with van der Waals surface area (Å²) in [6.45, 7) is 5.18. The van der Waals surface area contributed by atoms with Gasteiger partial charge in [-0.05, 0) is 25.1 Å². The Labute approximate surface area is 96.7 Å². The molecule has 1 N–H and O–H groups in total. The van der Waals surface area contributed by atoms with Gasteiger partial charge in [0.1, 0.15) is 0 Å². The first-order valence-electron chi connectivity index (χ1n) is 5.46. The van der Waals surface area contributed by atoms with E-state index in [9.17, 15) is 4.79 Å². The Morgan fingerprint density at radius 3 is 2.62 bits per heavy atom. The second-order valence-electron chi connectivity index (χ2n) is 4.36. The molecule has 0 heterocycles. The van der Waals surface area contributed by atoms with Gasteiger partial charge < -0.3 is 10.0 Å². The maximum atomic E-state index is 10.7. The molecule has 0 radical (unpaired) electrons. The summed E-state index contributed by atoms with van der Waals surface area (Å²) in [5, 5.41) is 8.82. The van der Waals surface area contributed by atoms with Crippen LogP contribution in [-0.2, 0) is 11.3 Å². The number of aliphatic carboxylic acids is 1. The summed E-state index contributed by atoms with van der Waals surface area (Å²) in [6, 6.07) is 8.18. The maximum absolute atomic E-state index is 10.7. The predicted octanol–water partition coefficient (Wildman–Crippen LogP) is 2.15. The fourth-order valence-electron chi connectivity index (χ4n) is 1.69. The molecule has 1 unspecified atom stereocenters. The molecule has 1 aromatic carbocycles. The average Bonchev–Trinajstić information content (AvgIpc) is 2.21. The number of hydrogen-bond donors (Lipinski definition) is 1. The van der Waals surface area contributed by atoms with E-state index in [1.54, 1.807) is 6.92 Å². The lowest BCUT2D eigenvalue weighted by atomic mass is 10.1. The molecule has 0 amide bonds. The van der Waals surface area contributed by atoms with Crippen LogP contribution in [0.15, 0.2) is 24.3 Å². The zero-order valence-corrected chi connectivity index (χ0v) is 10.1. The molecular formula is C13H19NO2. The van der Waals surface area contributed by atoms with E-state index in [1.807, 2.05) is 24.1 Å². The Balaban J connectivity index is 2.55. The highest BCUT2D eigenvalue weighted by Crippen LogP contribution is 2.10. The van der Waals surface area contributed by atoms with Crippen LogP contribution in [0.1, 0.15) is 18.1 Å². The Bertz CT molecular complexity index is 363. The molecule has 16 heavy (non-hydrogen) atoms. The number of nitrogens with zero attached hydrogens (tertiary/aromatic N) is 1. The van der Waals surface area contributed by atoms with E-state index in [-0.39, 0.29) is 5.92 Å². The molecule has 0 aliphatic heterocycles. The third-order valence-corrected chi connectivity index (χ3v) is 2.71. The molecule has 88 valence electrons. The SMILES string of the molecule is Cc1ccccc1CN(C)CC(C)C(=O)O. The van der Waals surface area contributed by atoms with Gasteiger partial charge in [-0.15, -0.1) is 0 Å². The summed E-state index contributed by atoms with van der Waals surface area (Å²) in [7, 11) is 1.95. The van der Waals surface area contributed by atoms with Gasteiger partial charge in [0, 0.05) is 13.1 Å². The molecule has 0 aromatic heterocycles. The van der Waals surface area contributed by atoms with Crippen LogP contribution in [-0.4, -0.2) is 29.6 Å². The predicted molar refractivity (Wildman–Crippen MR) is 64.3 cm³/mol. The molecule has 0 aliphatic rings. The van der Waals surface area contributed by atoms with Crippen molar-refractivity contribution in [3.05, 3.63) is 35.4 Å².